The zero-order valence-electron chi connectivity index (χ0n) is 18.7. The highest BCUT2D eigenvalue weighted by atomic mass is 14.2. The van der Waals surface area contributed by atoms with Gasteiger partial charge in [0, 0.05) is 0 Å². The van der Waals surface area contributed by atoms with Crippen molar-refractivity contribution in [1.29, 1.82) is 0 Å². The molecule has 0 aliphatic rings. The molecule has 0 amide bonds. The molecule has 0 radical (unpaired) electrons. The van der Waals surface area contributed by atoms with Gasteiger partial charge in [0.1, 0.15) is 0 Å². The molecule has 0 aliphatic carbocycles. The SMILES string of the molecule is CCC(C)CC(C)CC(C)CC(C)CC(C)CC(C)CC(C)CC. The Bertz CT molecular complexity index is 254. The van der Waals surface area contributed by atoms with E-state index in [1.807, 2.05) is 0 Å². The van der Waals surface area contributed by atoms with Crippen molar-refractivity contribution in [2.24, 2.45) is 41.4 Å². The minimum absolute atomic E-state index is 0.890. The predicted octanol–water partition coefficient (Wildman–Crippen LogP) is 8.60. The van der Waals surface area contributed by atoms with Crippen molar-refractivity contribution in [2.45, 2.75) is 114 Å². The van der Waals surface area contributed by atoms with Gasteiger partial charge in [-0.1, -0.05) is 75.2 Å². The van der Waals surface area contributed by atoms with Crippen molar-refractivity contribution < 1.29 is 0 Å². The van der Waals surface area contributed by atoms with E-state index in [0.717, 1.165) is 41.4 Å². The summed E-state index contributed by atoms with van der Waals surface area (Å²) in [4.78, 5) is 0. The lowest BCUT2D eigenvalue weighted by Crippen LogP contribution is -2.13. The molecule has 0 N–H and O–H groups in total. The molecule has 6 unspecified atom stereocenters. The average molecular weight is 339 g/mol. The molecule has 6 atom stereocenters. The lowest BCUT2D eigenvalue weighted by Gasteiger charge is -2.25. The van der Waals surface area contributed by atoms with E-state index in [0.29, 0.717) is 0 Å². The van der Waals surface area contributed by atoms with Gasteiger partial charge >= 0.3 is 0 Å². The van der Waals surface area contributed by atoms with E-state index >= 15 is 0 Å². The fraction of sp³-hybridized carbons (Fsp3) is 1.00. The van der Waals surface area contributed by atoms with Gasteiger partial charge in [-0.3, -0.25) is 0 Å². The van der Waals surface area contributed by atoms with Crippen LogP contribution in [0.15, 0.2) is 0 Å². The smallest absolute Gasteiger partial charge is 0.0438 e. The van der Waals surface area contributed by atoms with Crippen LogP contribution in [0.3, 0.4) is 0 Å². The van der Waals surface area contributed by atoms with Crippen LogP contribution < -0.4 is 0 Å². The Hall–Kier alpha value is 0. The van der Waals surface area contributed by atoms with Gasteiger partial charge in [0.2, 0.25) is 0 Å². The maximum atomic E-state index is 2.49. The molecule has 0 rings (SSSR count). The van der Waals surface area contributed by atoms with Crippen LogP contribution in [0, 0.1) is 41.4 Å². The monoisotopic (exact) mass is 338 g/mol. The second-order valence-electron chi connectivity index (χ2n) is 9.97. The van der Waals surface area contributed by atoms with Crippen LogP contribution in [-0.4, -0.2) is 0 Å². The van der Waals surface area contributed by atoms with Crippen molar-refractivity contribution >= 4 is 0 Å². The molecule has 0 aromatic rings. The maximum absolute atomic E-state index is 2.49. The molecule has 24 heavy (non-hydrogen) atoms. The number of rotatable bonds is 14. The summed E-state index contributed by atoms with van der Waals surface area (Å²) in [6.45, 7) is 21.9. The van der Waals surface area contributed by atoms with E-state index in [1.54, 1.807) is 0 Å². The summed E-state index contributed by atoms with van der Waals surface area (Å²) in [5, 5.41) is 0. The summed E-state index contributed by atoms with van der Waals surface area (Å²) in [5.74, 6) is 6.27. The highest BCUT2D eigenvalue weighted by molar-refractivity contribution is 4.69. The van der Waals surface area contributed by atoms with Crippen LogP contribution in [0.25, 0.3) is 0 Å². The normalized spacial score (nSPS) is 20.9. The quantitative estimate of drug-likeness (QED) is 0.297. The zero-order valence-corrected chi connectivity index (χ0v) is 18.7. The number of hydrogen-bond acceptors (Lipinski definition) is 0. The van der Waals surface area contributed by atoms with E-state index in [1.165, 1.54) is 51.4 Å². The van der Waals surface area contributed by atoms with Gasteiger partial charge in [0.15, 0.2) is 0 Å². The van der Waals surface area contributed by atoms with E-state index < -0.39 is 0 Å². The molecule has 0 aliphatic heterocycles. The van der Waals surface area contributed by atoms with Gasteiger partial charge in [-0.15, -0.1) is 0 Å². The third kappa shape index (κ3) is 12.4. The number of hydrogen-bond donors (Lipinski definition) is 0. The van der Waals surface area contributed by atoms with E-state index in [-0.39, 0.29) is 0 Å². The Kier molecular flexibility index (Phi) is 13.2. The second kappa shape index (κ2) is 13.2. The molecule has 0 saturated carbocycles. The molecule has 0 saturated heterocycles. The molecule has 146 valence electrons. The first kappa shape index (κ1) is 24.0. The van der Waals surface area contributed by atoms with Crippen LogP contribution in [0.1, 0.15) is 114 Å². The Labute approximate surface area is 155 Å². The van der Waals surface area contributed by atoms with Crippen molar-refractivity contribution in [2.75, 3.05) is 0 Å². The lowest BCUT2D eigenvalue weighted by molar-refractivity contribution is 0.263. The first-order valence-electron chi connectivity index (χ1n) is 11.2. The van der Waals surface area contributed by atoms with Gasteiger partial charge in [0.05, 0.1) is 0 Å². The van der Waals surface area contributed by atoms with Gasteiger partial charge in [-0.25, -0.2) is 0 Å². The molecule has 0 bridgehead atoms. The highest BCUT2D eigenvalue weighted by Crippen LogP contribution is 2.30. The molecular weight excluding hydrogens is 288 g/mol. The van der Waals surface area contributed by atoms with Crippen molar-refractivity contribution in [3.05, 3.63) is 0 Å². The third-order valence-electron chi connectivity index (χ3n) is 6.22. The third-order valence-corrected chi connectivity index (χ3v) is 6.22. The highest BCUT2D eigenvalue weighted by Gasteiger charge is 2.18. The Morgan fingerprint density at radius 2 is 0.500 bits per heavy atom. The largest absolute Gasteiger partial charge is 0.0651 e. The average Bonchev–Trinajstić information content (AvgIpc) is 2.45. The predicted molar refractivity (Wildman–Crippen MR) is 112 cm³/mol. The molecule has 0 heteroatoms. The molecule has 0 spiro atoms. The van der Waals surface area contributed by atoms with Crippen molar-refractivity contribution in [3.8, 4) is 0 Å². The van der Waals surface area contributed by atoms with Gasteiger partial charge in [-0.05, 0) is 80.0 Å². The summed E-state index contributed by atoms with van der Waals surface area (Å²) in [5.41, 5.74) is 0. The fourth-order valence-corrected chi connectivity index (χ4v) is 4.94. The molecular formula is C24H50. The minimum atomic E-state index is 0.890. The van der Waals surface area contributed by atoms with Gasteiger partial charge < -0.3 is 0 Å². The van der Waals surface area contributed by atoms with Crippen LogP contribution in [-0.2, 0) is 0 Å². The van der Waals surface area contributed by atoms with Gasteiger partial charge in [0.25, 0.3) is 0 Å². The van der Waals surface area contributed by atoms with Crippen LogP contribution in [0.5, 0.6) is 0 Å². The first-order valence-corrected chi connectivity index (χ1v) is 11.2. The summed E-state index contributed by atoms with van der Waals surface area (Å²) in [6.07, 6.45) is 11.2. The van der Waals surface area contributed by atoms with Crippen molar-refractivity contribution in [3.63, 3.8) is 0 Å². The molecule has 0 fully saturated rings. The van der Waals surface area contributed by atoms with E-state index in [2.05, 4.69) is 62.3 Å². The Morgan fingerprint density at radius 3 is 0.667 bits per heavy atom. The van der Waals surface area contributed by atoms with Crippen molar-refractivity contribution in [1.82, 2.24) is 0 Å². The maximum Gasteiger partial charge on any atom is -0.0438 e. The van der Waals surface area contributed by atoms with Crippen LogP contribution in [0.4, 0.5) is 0 Å². The van der Waals surface area contributed by atoms with Crippen LogP contribution in [0.2, 0.25) is 0 Å². The first-order chi connectivity index (χ1) is 11.2. The Morgan fingerprint density at radius 1 is 0.333 bits per heavy atom. The fourth-order valence-electron chi connectivity index (χ4n) is 4.94. The minimum Gasteiger partial charge on any atom is -0.0651 e. The lowest BCUT2D eigenvalue weighted by atomic mass is 9.81. The van der Waals surface area contributed by atoms with Crippen LogP contribution >= 0.6 is 0 Å². The Balaban J connectivity index is 4.03. The van der Waals surface area contributed by atoms with E-state index in [9.17, 15) is 0 Å². The van der Waals surface area contributed by atoms with Gasteiger partial charge in [-0.2, -0.15) is 0 Å². The summed E-state index contributed by atoms with van der Waals surface area (Å²) in [7, 11) is 0. The molecule has 0 heterocycles. The van der Waals surface area contributed by atoms with E-state index in [4.69, 9.17) is 0 Å². The summed E-state index contributed by atoms with van der Waals surface area (Å²) < 4.78 is 0. The molecule has 0 nitrogen and oxygen atoms in total. The zero-order chi connectivity index (χ0) is 18.7. The summed E-state index contributed by atoms with van der Waals surface area (Å²) >= 11 is 0. The molecule has 0 aromatic heterocycles. The second-order valence-corrected chi connectivity index (χ2v) is 9.97. The standard InChI is InChI=1S/C24H50/c1-10-18(3)12-20(5)14-22(7)16-24(9)17-23(8)15-21(6)13-19(4)11-2/h18-24H,10-17H2,1-9H3. The molecule has 0 aromatic carbocycles. The topological polar surface area (TPSA) is 0 Å². The summed E-state index contributed by atoms with van der Waals surface area (Å²) in [6, 6.07) is 0.